The van der Waals surface area contributed by atoms with E-state index >= 15 is 0 Å². The summed E-state index contributed by atoms with van der Waals surface area (Å²) in [5, 5.41) is 12.0. The molecule has 0 fully saturated rings. The molecule has 2 heterocycles. The number of aromatic nitrogens is 1. The van der Waals surface area contributed by atoms with Crippen molar-refractivity contribution in [3.05, 3.63) is 255 Å². The van der Waals surface area contributed by atoms with Gasteiger partial charge in [-0.2, -0.15) is 0 Å². The molecule has 322 valence electrons. The van der Waals surface area contributed by atoms with Crippen molar-refractivity contribution in [3.63, 3.8) is 0 Å². The SMILES string of the molecule is c1cc(-c2ccc(N(c3ccc(-c4cccc(-n5c6ccccc6c6ccccc65)c4)cc3)c3cccc4oc5c6ccccc6ccc5c34)cc2)cc(-c2ccc3c(ccc4ccccc43)c2)c1. The molecule has 69 heavy (non-hydrogen) atoms. The Bertz CT molecular complexity index is 4260. The van der Waals surface area contributed by atoms with Crippen LogP contribution in [-0.2, 0) is 0 Å². The summed E-state index contributed by atoms with van der Waals surface area (Å²) in [7, 11) is 0. The maximum atomic E-state index is 6.74. The van der Waals surface area contributed by atoms with E-state index in [2.05, 4.69) is 264 Å². The molecule has 0 N–H and O–H groups in total. The number of benzene rings is 12. The largest absolute Gasteiger partial charge is 0.455 e. The Balaban J connectivity index is 0.863. The Morgan fingerprint density at radius 2 is 0.797 bits per heavy atom. The lowest BCUT2D eigenvalue weighted by Gasteiger charge is -2.26. The van der Waals surface area contributed by atoms with Crippen molar-refractivity contribution in [1.82, 2.24) is 4.57 Å². The van der Waals surface area contributed by atoms with Gasteiger partial charge in [-0.25, -0.2) is 0 Å². The first-order chi connectivity index (χ1) is 34.2. The van der Waals surface area contributed by atoms with Gasteiger partial charge in [0.1, 0.15) is 11.2 Å². The van der Waals surface area contributed by atoms with Gasteiger partial charge in [0, 0.05) is 38.6 Å². The lowest BCUT2D eigenvalue weighted by Crippen LogP contribution is -2.10. The second kappa shape index (κ2) is 15.7. The van der Waals surface area contributed by atoms with Crippen LogP contribution in [0.25, 0.3) is 115 Å². The fourth-order valence-electron chi connectivity index (χ4n) is 10.9. The highest BCUT2D eigenvalue weighted by Gasteiger charge is 2.21. The van der Waals surface area contributed by atoms with Gasteiger partial charge < -0.3 is 13.9 Å². The maximum absolute atomic E-state index is 6.74. The van der Waals surface area contributed by atoms with Gasteiger partial charge in [-0.05, 0) is 139 Å². The third-order valence-corrected chi connectivity index (χ3v) is 14.1. The van der Waals surface area contributed by atoms with Gasteiger partial charge in [-0.15, -0.1) is 0 Å². The molecule has 0 aliphatic rings. The first-order valence-electron chi connectivity index (χ1n) is 23.6. The number of para-hydroxylation sites is 2. The van der Waals surface area contributed by atoms with E-state index in [0.29, 0.717) is 0 Å². The Kier molecular flexibility index (Phi) is 8.90. The molecule has 0 atom stereocenters. The average Bonchev–Trinajstić information content (AvgIpc) is 3.98. The van der Waals surface area contributed by atoms with E-state index in [1.165, 1.54) is 60.0 Å². The molecule has 0 saturated heterocycles. The lowest BCUT2D eigenvalue weighted by molar-refractivity contribution is 0.672. The highest BCUT2D eigenvalue weighted by Crippen LogP contribution is 2.45. The smallest absolute Gasteiger partial charge is 0.143 e. The summed E-state index contributed by atoms with van der Waals surface area (Å²) < 4.78 is 9.12. The summed E-state index contributed by atoms with van der Waals surface area (Å²) >= 11 is 0. The Morgan fingerprint density at radius 3 is 1.51 bits per heavy atom. The second-order valence-corrected chi connectivity index (χ2v) is 18.1. The zero-order valence-corrected chi connectivity index (χ0v) is 37.6. The number of anilines is 3. The van der Waals surface area contributed by atoms with Gasteiger partial charge in [0.25, 0.3) is 0 Å². The van der Waals surface area contributed by atoms with Crippen LogP contribution in [0, 0.1) is 0 Å². The van der Waals surface area contributed by atoms with Crippen LogP contribution in [0.2, 0.25) is 0 Å². The highest BCUT2D eigenvalue weighted by atomic mass is 16.3. The quantitative estimate of drug-likeness (QED) is 0.149. The third-order valence-electron chi connectivity index (χ3n) is 14.1. The molecule has 3 nitrogen and oxygen atoms in total. The number of nitrogens with zero attached hydrogens (tertiary/aromatic N) is 2. The van der Waals surface area contributed by atoms with Crippen LogP contribution < -0.4 is 4.90 Å². The van der Waals surface area contributed by atoms with E-state index in [-0.39, 0.29) is 0 Å². The predicted octanol–water partition coefficient (Wildman–Crippen LogP) is 18.6. The van der Waals surface area contributed by atoms with Crippen molar-refractivity contribution < 1.29 is 4.42 Å². The Morgan fingerprint density at radius 1 is 0.304 bits per heavy atom. The lowest BCUT2D eigenvalue weighted by atomic mass is 9.95. The monoisotopic (exact) mass is 878 g/mol. The highest BCUT2D eigenvalue weighted by molar-refractivity contribution is 6.19. The van der Waals surface area contributed by atoms with Gasteiger partial charge in [0.15, 0.2) is 0 Å². The average molecular weight is 879 g/mol. The van der Waals surface area contributed by atoms with Crippen LogP contribution in [0.5, 0.6) is 0 Å². The molecule has 0 bridgehead atoms. The fourth-order valence-corrected chi connectivity index (χ4v) is 10.9. The standard InChI is InChI=1S/C66H42N2O/c1-3-18-55-45(12-1)26-27-51-41-50(33-38-56(51)55)48-15-9-14-47(40-48)43-28-34-52(35-29-43)67(63-24-11-25-64-65(63)60-39-32-46-13-2-4-19-57(46)66(60)69-64)53-36-30-44(31-37-53)49-16-10-17-54(42-49)68-61-22-7-5-20-58(61)59-21-6-8-23-62(59)68/h1-42H. The number of rotatable bonds is 7. The van der Waals surface area contributed by atoms with Crippen molar-refractivity contribution in [2.24, 2.45) is 0 Å². The van der Waals surface area contributed by atoms with Crippen molar-refractivity contribution >= 4 is 93.1 Å². The maximum Gasteiger partial charge on any atom is 0.143 e. The summed E-state index contributed by atoms with van der Waals surface area (Å²) in [6, 6.07) is 92.4. The third kappa shape index (κ3) is 6.43. The van der Waals surface area contributed by atoms with E-state index in [1.54, 1.807) is 0 Å². The van der Waals surface area contributed by atoms with Crippen molar-refractivity contribution in [3.8, 4) is 39.1 Å². The molecule has 0 radical (unpaired) electrons. The van der Waals surface area contributed by atoms with Crippen LogP contribution in [0.3, 0.4) is 0 Å². The first-order valence-corrected chi connectivity index (χ1v) is 23.6. The van der Waals surface area contributed by atoms with Crippen LogP contribution in [-0.4, -0.2) is 4.57 Å². The van der Waals surface area contributed by atoms with Crippen LogP contribution >= 0.6 is 0 Å². The van der Waals surface area contributed by atoms with E-state index in [0.717, 1.165) is 72.2 Å². The van der Waals surface area contributed by atoms with E-state index in [4.69, 9.17) is 4.42 Å². The number of fused-ring (bicyclic) bond motifs is 11. The van der Waals surface area contributed by atoms with Gasteiger partial charge in [-0.1, -0.05) is 176 Å². The van der Waals surface area contributed by atoms with Gasteiger partial charge in [0.05, 0.1) is 22.1 Å². The molecule has 0 amide bonds. The molecule has 14 aromatic rings. The molecule has 0 aliphatic carbocycles. The van der Waals surface area contributed by atoms with E-state index < -0.39 is 0 Å². The topological polar surface area (TPSA) is 21.3 Å². The van der Waals surface area contributed by atoms with Crippen molar-refractivity contribution in [2.75, 3.05) is 4.90 Å². The summed E-state index contributed by atoms with van der Waals surface area (Å²) in [6.45, 7) is 0. The summed E-state index contributed by atoms with van der Waals surface area (Å²) in [4.78, 5) is 2.38. The van der Waals surface area contributed by atoms with Gasteiger partial charge in [0.2, 0.25) is 0 Å². The Labute approximate surface area is 399 Å². The Hall–Kier alpha value is -9.18. The zero-order valence-electron chi connectivity index (χ0n) is 37.6. The van der Waals surface area contributed by atoms with Gasteiger partial charge >= 0.3 is 0 Å². The van der Waals surface area contributed by atoms with Crippen molar-refractivity contribution in [1.29, 1.82) is 0 Å². The molecule has 2 aromatic heterocycles. The summed E-state index contributed by atoms with van der Waals surface area (Å²) in [5.41, 5.74) is 15.5. The summed E-state index contributed by atoms with van der Waals surface area (Å²) in [5.74, 6) is 0. The van der Waals surface area contributed by atoms with Gasteiger partial charge in [-0.3, -0.25) is 0 Å². The van der Waals surface area contributed by atoms with E-state index in [1.807, 2.05) is 0 Å². The fraction of sp³-hybridized carbons (Fsp3) is 0. The molecule has 0 saturated carbocycles. The van der Waals surface area contributed by atoms with E-state index in [9.17, 15) is 0 Å². The normalized spacial score (nSPS) is 11.8. The van der Waals surface area contributed by atoms with Crippen LogP contribution in [0.1, 0.15) is 0 Å². The molecule has 3 heteroatoms. The molecule has 0 spiro atoms. The molecule has 0 unspecified atom stereocenters. The van der Waals surface area contributed by atoms with Crippen LogP contribution in [0.15, 0.2) is 259 Å². The minimum absolute atomic E-state index is 0.859. The number of hydrogen-bond donors (Lipinski definition) is 0. The molecule has 0 aliphatic heterocycles. The predicted molar refractivity (Wildman–Crippen MR) is 292 cm³/mol. The molecular weight excluding hydrogens is 837 g/mol. The molecular formula is C66H42N2O. The molecule has 14 rings (SSSR count). The zero-order chi connectivity index (χ0) is 45.4. The number of hydrogen-bond acceptors (Lipinski definition) is 2. The minimum atomic E-state index is 0.859. The number of furan rings is 1. The van der Waals surface area contributed by atoms with Crippen LogP contribution in [0.4, 0.5) is 17.1 Å². The van der Waals surface area contributed by atoms with Crippen molar-refractivity contribution in [2.45, 2.75) is 0 Å². The first kappa shape index (κ1) is 39.0. The summed E-state index contributed by atoms with van der Waals surface area (Å²) in [6.07, 6.45) is 0. The molecule has 12 aromatic carbocycles. The second-order valence-electron chi connectivity index (χ2n) is 18.1. The minimum Gasteiger partial charge on any atom is -0.455 e.